The molecule has 3 nitrogen and oxygen atoms in total. The number of ether oxygens (including phenoxy) is 1. The number of halogens is 1. The fourth-order valence-corrected chi connectivity index (χ4v) is 1.55. The van der Waals surface area contributed by atoms with E-state index in [0.717, 1.165) is 13.0 Å². The van der Waals surface area contributed by atoms with Crippen LogP contribution in [0.2, 0.25) is 0 Å². The molecule has 0 aliphatic heterocycles. The molecular formula is C14H22FNO2. The Morgan fingerprint density at radius 2 is 2.17 bits per heavy atom. The first-order chi connectivity index (χ1) is 8.52. The van der Waals surface area contributed by atoms with Gasteiger partial charge in [-0.15, -0.1) is 0 Å². The third-order valence-electron chi connectivity index (χ3n) is 2.85. The summed E-state index contributed by atoms with van der Waals surface area (Å²) in [5.74, 6) is -0.110. The normalized spacial score (nSPS) is 14.3. The van der Waals surface area contributed by atoms with Crippen molar-refractivity contribution in [3.05, 3.63) is 29.6 Å². The Balaban J connectivity index is 2.64. The molecule has 0 amide bonds. The zero-order chi connectivity index (χ0) is 13.6. The van der Waals surface area contributed by atoms with Gasteiger partial charge in [0.1, 0.15) is 6.61 Å². The fraction of sp³-hybridized carbons (Fsp3) is 0.571. The predicted molar refractivity (Wildman–Crippen MR) is 70.4 cm³/mol. The Kier molecular flexibility index (Phi) is 5.56. The first kappa shape index (κ1) is 14.9. The van der Waals surface area contributed by atoms with Crippen molar-refractivity contribution in [3.8, 4) is 5.75 Å². The first-order valence-corrected chi connectivity index (χ1v) is 6.26. The van der Waals surface area contributed by atoms with Gasteiger partial charge in [0.2, 0.25) is 0 Å². The molecule has 1 atom stereocenters. The Morgan fingerprint density at radius 1 is 1.44 bits per heavy atom. The quantitative estimate of drug-likeness (QED) is 0.785. The number of aryl methyl sites for hydroxylation is 1. The highest BCUT2D eigenvalue weighted by Gasteiger charge is 2.23. The Hall–Kier alpha value is -1.13. The van der Waals surface area contributed by atoms with Gasteiger partial charge in [-0.05, 0) is 38.4 Å². The van der Waals surface area contributed by atoms with Crippen LogP contribution in [0.3, 0.4) is 0 Å². The maximum atomic E-state index is 13.7. The lowest BCUT2D eigenvalue weighted by atomic mass is 10.1. The van der Waals surface area contributed by atoms with Crippen molar-refractivity contribution in [3.63, 3.8) is 0 Å². The summed E-state index contributed by atoms with van der Waals surface area (Å²) < 4.78 is 19.2. The van der Waals surface area contributed by atoms with Gasteiger partial charge in [0.05, 0.1) is 12.1 Å². The third-order valence-corrected chi connectivity index (χ3v) is 2.85. The topological polar surface area (TPSA) is 41.5 Å². The summed E-state index contributed by atoms with van der Waals surface area (Å²) in [4.78, 5) is 0. The molecule has 1 aromatic carbocycles. The van der Waals surface area contributed by atoms with Gasteiger partial charge in [0, 0.05) is 0 Å². The van der Waals surface area contributed by atoms with E-state index in [1.54, 1.807) is 25.1 Å². The number of hydrogen-bond donors (Lipinski definition) is 2. The van der Waals surface area contributed by atoms with Gasteiger partial charge in [-0.1, -0.05) is 19.1 Å². The summed E-state index contributed by atoms with van der Waals surface area (Å²) in [6, 6.07) is 5.05. The Labute approximate surface area is 108 Å². The molecule has 2 N–H and O–H groups in total. The molecule has 102 valence electrons. The van der Waals surface area contributed by atoms with Crippen molar-refractivity contribution in [2.75, 3.05) is 19.8 Å². The van der Waals surface area contributed by atoms with Crippen molar-refractivity contribution >= 4 is 0 Å². The average molecular weight is 255 g/mol. The van der Waals surface area contributed by atoms with Crippen LogP contribution in [0.5, 0.6) is 5.75 Å². The zero-order valence-electron chi connectivity index (χ0n) is 11.3. The number of hydrogen-bond acceptors (Lipinski definition) is 3. The molecule has 0 bridgehead atoms. The Bertz CT molecular complexity index is 384. The van der Waals surface area contributed by atoms with Gasteiger partial charge >= 0.3 is 0 Å². The smallest absolute Gasteiger partial charge is 0.167 e. The van der Waals surface area contributed by atoms with Crippen molar-refractivity contribution in [1.29, 1.82) is 0 Å². The molecule has 1 rings (SSSR count). The van der Waals surface area contributed by atoms with Gasteiger partial charge in [-0.25, -0.2) is 4.39 Å². The molecule has 0 fully saturated rings. The van der Waals surface area contributed by atoms with Crippen molar-refractivity contribution < 1.29 is 14.2 Å². The van der Waals surface area contributed by atoms with Gasteiger partial charge in [-0.2, -0.15) is 0 Å². The monoisotopic (exact) mass is 255 g/mol. The average Bonchev–Trinajstić information content (AvgIpc) is 2.38. The minimum absolute atomic E-state index is 0.0551. The lowest BCUT2D eigenvalue weighted by Gasteiger charge is -2.28. The summed E-state index contributed by atoms with van der Waals surface area (Å²) >= 11 is 0. The largest absolute Gasteiger partial charge is 0.488 e. The number of aliphatic hydroxyl groups is 1. The SMILES string of the molecule is CCCNC(C)(CO)COc1cccc(C)c1F. The molecule has 0 saturated heterocycles. The van der Waals surface area contributed by atoms with Crippen LogP contribution in [-0.2, 0) is 0 Å². The van der Waals surface area contributed by atoms with Gasteiger partial charge in [-0.3, -0.25) is 0 Å². The molecule has 0 radical (unpaired) electrons. The minimum atomic E-state index is -0.549. The highest BCUT2D eigenvalue weighted by molar-refractivity contribution is 5.30. The van der Waals surface area contributed by atoms with Crippen LogP contribution in [0.25, 0.3) is 0 Å². The molecule has 0 aliphatic rings. The standard InChI is InChI=1S/C14H22FNO2/c1-4-8-16-14(3,9-17)10-18-12-7-5-6-11(2)13(12)15/h5-7,16-17H,4,8-10H2,1-3H3. The van der Waals surface area contributed by atoms with E-state index in [9.17, 15) is 9.50 Å². The summed E-state index contributed by atoms with van der Waals surface area (Å²) in [7, 11) is 0. The fourth-order valence-electron chi connectivity index (χ4n) is 1.55. The van der Waals surface area contributed by atoms with Crippen molar-refractivity contribution in [2.45, 2.75) is 32.7 Å². The zero-order valence-corrected chi connectivity index (χ0v) is 11.3. The molecule has 18 heavy (non-hydrogen) atoms. The minimum Gasteiger partial charge on any atom is -0.488 e. The molecule has 1 aromatic rings. The first-order valence-electron chi connectivity index (χ1n) is 6.26. The van der Waals surface area contributed by atoms with Crippen LogP contribution in [-0.4, -0.2) is 30.4 Å². The molecular weight excluding hydrogens is 233 g/mol. The van der Waals surface area contributed by atoms with E-state index in [1.807, 2.05) is 13.8 Å². The highest BCUT2D eigenvalue weighted by Crippen LogP contribution is 2.20. The summed E-state index contributed by atoms with van der Waals surface area (Å²) in [5.41, 5.74) is 0.00589. The summed E-state index contributed by atoms with van der Waals surface area (Å²) in [5, 5.41) is 12.6. The molecule has 0 spiro atoms. The van der Waals surface area contributed by atoms with Crippen LogP contribution < -0.4 is 10.1 Å². The summed E-state index contributed by atoms with van der Waals surface area (Å²) in [6.07, 6.45) is 0.967. The van der Waals surface area contributed by atoms with Crippen LogP contribution in [0.1, 0.15) is 25.8 Å². The van der Waals surface area contributed by atoms with Crippen LogP contribution >= 0.6 is 0 Å². The molecule has 0 heterocycles. The van der Waals surface area contributed by atoms with E-state index in [4.69, 9.17) is 4.74 Å². The number of rotatable bonds is 7. The lowest BCUT2D eigenvalue weighted by Crippen LogP contribution is -2.50. The molecule has 0 aromatic heterocycles. The molecule has 1 unspecified atom stereocenters. The van der Waals surface area contributed by atoms with Gasteiger partial charge in [0.25, 0.3) is 0 Å². The van der Waals surface area contributed by atoms with E-state index in [0.29, 0.717) is 5.56 Å². The predicted octanol–water partition coefficient (Wildman–Crippen LogP) is 2.26. The maximum Gasteiger partial charge on any atom is 0.167 e. The number of benzene rings is 1. The van der Waals surface area contributed by atoms with Crippen LogP contribution in [0, 0.1) is 12.7 Å². The second-order valence-electron chi connectivity index (χ2n) is 4.82. The van der Waals surface area contributed by atoms with Gasteiger partial charge in [0.15, 0.2) is 11.6 Å². The number of nitrogens with one attached hydrogen (secondary N) is 1. The van der Waals surface area contributed by atoms with E-state index in [2.05, 4.69) is 5.32 Å². The molecule has 0 saturated carbocycles. The van der Waals surface area contributed by atoms with Crippen molar-refractivity contribution in [2.24, 2.45) is 0 Å². The number of aliphatic hydroxyl groups excluding tert-OH is 1. The second-order valence-corrected chi connectivity index (χ2v) is 4.82. The third kappa shape index (κ3) is 3.96. The second kappa shape index (κ2) is 6.71. The molecule has 4 heteroatoms. The summed E-state index contributed by atoms with van der Waals surface area (Å²) in [6.45, 7) is 6.56. The van der Waals surface area contributed by atoms with Crippen LogP contribution in [0.4, 0.5) is 4.39 Å². The maximum absolute atomic E-state index is 13.7. The van der Waals surface area contributed by atoms with E-state index in [-0.39, 0.29) is 24.8 Å². The van der Waals surface area contributed by atoms with E-state index in [1.165, 1.54) is 0 Å². The van der Waals surface area contributed by atoms with Crippen LogP contribution in [0.15, 0.2) is 18.2 Å². The highest BCUT2D eigenvalue weighted by atomic mass is 19.1. The lowest BCUT2D eigenvalue weighted by molar-refractivity contribution is 0.113. The van der Waals surface area contributed by atoms with Crippen molar-refractivity contribution in [1.82, 2.24) is 5.32 Å². The van der Waals surface area contributed by atoms with Gasteiger partial charge < -0.3 is 15.2 Å². The van der Waals surface area contributed by atoms with E-state index >= 15 is 0 Å². The van der Waals surface area contributed by atoms with E-state index < -0.39 is 5.54 Å². The molecule has 0 aliphatic carbocycles. The Morgan fingerprint density at radius 3 is 2.78 bits per heavy atom.